The lowest BCUT2D eigenvalue weighted by molar-refractivity contribution is 0.970. The summed E-state index contributed by atoms with van der Waals surface area (Å²) < 4.78 is 4.32. The molecule has 0 spiro atoms. The molecule has 0 aliphatic carbocycles. The number of pyridine rings is 1. The van der Waals surface area contributed by atoms with E-state index < -0.39 is 0 Å². The lowest BCUT2D eigenvalue weighted by atomic mass is 10.2. The maximum atomic E-state index is 4.86. The lowest BCUT2D eigenvalue weighted by Gasteiger charge is -2.00. The highest BCUT2D eigenvalue weighted by molar-refractivity contribution is 6.01. The first-order valence-corrected chi connectivity index (χ1v) is 7.06. The van der Waals surface area contributed by atoms with Crippen LogP contribution in [0.4, 0.5) is 0 Å². The van der Waals surface area contributed by atoms with Crippen molar-refractivity contribution in [3.8, 4) is 0 Å². The standard InChI is InChI=1S/C18H13N3/c1-20-8-6-13-10-17-15(11-16(13)20)19-18-14-5-3-2-4-12(14)7-9-21(17)18/h2-11H,1H3. The molecule has 0 N–H and O–H groups in total. The molecular formula is C18H13N3. The summed E-state index contributed by atoms with van der Waals surface area (Å²) in [6, 6.07) is 17.1. The normalized spacial score (nSPS) is 12.0. The van der Waals surface area contributed by atoms with E-state index in [1.165, 1.54) is 21.7 Å². The van der Waals surface area contributed by atoms with Gasteiger partial charge < -0.3 is 4.57 Å². The number of imidazole rings is 1. The number of nitrogens with zero attached hydrogens (tertiary/aromatic N) is 3. The Morgan fingerprint density at radius 1 is 0.857 bits per heavy atom. The molecule has 5 rings (SSSR count). The van der Waals surface area contributed by atoms with Crippen LogP contribution in [-0.2, 0) is 7.05 Å². The number of hydrogen-bond donors (Lipinski definition) is 0. The molecule has 5 aromatic rings. The maximum absolute atomic E-state index is 4.86. The van der Waals surface area contributed by atoms with Crippen molar-refractivity contribution >= 4 is 38.4 Å². The van der Waals surface area contributed by atoms with Crippen LogP contribution in [0.3, 0.4) is 0 Å². The molecule has 0 radical (unpaired) electrons. The molecule has 0 amide bonds. The Morgan fingerprint density at radius 3 is 2.67 bits per heavy atom. The van der Waals surface area contributed by atoms with Gasteiger partial charge in [-0.15, -0.1) is 0 Å². The number of rotatable bonds is 0. The molecule has 0 saturated heterocycles. The fraction of sp³-hybridized carbons (Fsp3) is 0.0556. The number of aryl methyl sites for hydroxylation is 1. The molecule has 0 saturated carbocycles. The molecule has 0 bridgehead atoms. The van der Waals surface area contributed by atoms with Gasteiger partial charge in [-0.3, -0.25) is 4.40 Å². The van der Waals surface area contributed by atoms with Gasteiger partial charge in [0, 0.05) is 30.2 Å². The Balaban J connectivity index is 2.04. The van der Waals surface area contributed by atoms with Crippen LogP contribution in [-0.4, -0.2) is 14.0 Å². The first-order valence-electron chi connectivity index (χ1n) is 7.06. The minimum Gasteiger partial charge on any atom is -0.350 e. The van der Waals surface area contributed by atoms with E-state index in [1.54, 1.807) is 0 Å². The van der Waals surface area contributed by atoms with Crippen molar-refractivity contribution in [1.29, 1.82) is 0 Å². The Labute approximate surface area is 121 Å². The van der Waals surface area contributed by atoms with E-state index in [2.05, 4.69) is 76.9 Å². The fourth-order valence-electron chi connectivity index (χ4n) is 3.20. The van der Waals surface area contributed by atoms with Gasteiger partial charge >= 0.3 is 0 Å². The van der Waals surface area contributed by atoms with Gasteiger partial charge in [0.2, 0.25) is 0 Å². The summed E-state index contributed by atoms with van der Waals surface area (Å²) in [5.41, 5.74) is 4.45. The third-order valence-electron chi connectivity index (χ3n) is 4.30. The summed E-state index contributed by atoms with van der Waals surface area (Å²) in [4.78, 5) is 4.86. The molecular weight excluding hydrogens is 258 g/mol. The summed E-state index contributed by atoms with van der Waals surface area (Å²) in [6.07, 6.45) is 4.20. The number of benzene rings is 2. The summed E-state index contributed by atoms with van der Waals surface area (Å²) in [5, 5.41) is 3.67. The highest BCUT2D eigenvalue weighted by atomic mass is 15.0. The number of aromatic nitrogens is 3. The van der Waals surface area contributed by atoms with Crippen LogP contribution in [0.1, 0.15) is 0 Å². The molecule has 0 aliphatic rings. The zero-order valence-corrected chi connectivity index (χ0v) is 11.6. The van der Waals surface area contributed by atoms with Crippen molar-refractivity contribution in [2.75, 3.05) is 0 Å². The predicted octanol–water partition coefficient (Wildman–Crippen LogP) is 4.13. The van der Waals surface area contributed by atoms with E-state index in [1.807, 2.05) is 0 Å². The highest BCUT2D eigenvalue weighted by Gasteiger charge is 2.09. The molecule has 0 aliphatic heterocycles. The van der Waals surface area contributed by atoms with Gasteiger partial charge in [0.25, 0.3) is 0 Å². The molecule has 3 heterocycles. The number of hydrogen-bond acceptors (Lipinski definition) is 1. The van der Waals surface area contributed by atoms with Gasteiger partial charge in [-0.25, -0.2) is 4.98 Å². The Kier molecular flexibility index (Phi) is 1.89. The minimum atomic E-state index is 1.03. The quantitative estimate of drug-likeness (QED) is 0.415. The van der Waals surface area contributed by atoms with E-state index in [4.69, 9.17) is 4.98 Å². The van der Waals surface area contributed by atoms with Crippen molar-refractivity contribution in [2.24, 2.45) is 7.05 Å². The highest BCUT2D eigenvalue weighted by Crippen LogP contribution is 2.27. The van der Waals surface area contributed by atoms with Crippen molar-refractivity contribution < 1.29 is 0 Å². The second kappa shape index (κ2) is 3.64. The second-order valence-electron chi connectivity index (χ2n) is 5.53. The zero-order chi connectivity index (χ0) is 14.0. The van der Waals surface area contributed by atoms with Crippen LogP contribution in [0.25, 0.3) is 38.4 Å². The van der Waals surface area contributed by atoms with Crippen molar-refractivity contribution in [1.82, 2.24) is 14.0 Å². The van der Waals surface area contributed by atoms with Gasteiger partial charge in [0.1, 0.15) is 5.65 Å². The molecule has 2 aromatic carbocycles. The van der Waals surface area contributed by atoms with Crippen molar-refractivity contribution in [3.63, 3.8) is 0 Å². The largest absolute Gasteiger partial charge is 0.350 e. The van der Waals surface area contributed by atoms with Crippen LogP contribution < -0.4 is 0 Å². The summed E-state index contributed by atoms with van der Waals surface area (Å²) in [6.45, 7) is 0. The molecule has 3 nitrogen and oxygen atoms in total. The average Bonchev–Trinajstić information content (AvgIpc) is 3.06. The van der Waals surface area contributed by atoms with E-state index >= 15 is 0 Å². The fourth-order valence-corrected chi connectivity index (χ4v) is 3.20. The Morgan fingerprint density at radius 2 is 1.71 bits per heavy atom. The van der Waals surface area contributed by atoms with E-state index in [0.29, 0.717) is 0 Å². The van der Waals surface area contributed by atoms with Crippen LogP contribution in [0, 0.1) is 0 Å². The van der Waals surface area contributed by atoms with E-state index in [9.17, 15) is 0 Å². The monoisotopic (exact) mass is 271 g/mol. The smallest absolute Gasteiger partial charge is 0.145 e. The van der Waals surface area contributed by atoms with Crippen LogP contribution in [0.5, 0.6) is 0 Å². The number of fused-ring (bicyclic) bond motifs is 6. The second-order valence-corrected chi connectivity index (χ2v) is 5.53. The first kappa shape index (κ1) is 10.9. The zero-order valence-electron chi connectivity index (χ0n) is 11.6. The Hall–Kier alpha value is -2.81. The molecule has 100 valence electrons. The third-order valence-corrected chi connectivity index (χ3v) is 4.30. The molecule has 3 heteroatoms. The predicted molar refractivity (Wildman–Crippen MR) is 86.7 cm³/mol. The van der Waals surface area contributed by atoms with E-state index in [0.717, 1.165) is 16.7 Å². The topological polar surface area (TPSA) is 22.2 Å². The van der Waals surface area contributed by atoms with Gasteiger partial charge in [-0.05, 0) is 29.7 Å². The Bertz CT molecular complexity index is 1140. The van der Waals surface area contributed by atoms with E-state index in [-0.39, 0.29) is 0 Å². The molecule has 3 aromatic heterocycles. The third kappa shape index (κ3) is 1.35. The molecule has 0 fully saturated rings. The van der Waals surface area contributed by atoms with Gasteiger partial charge in [-0.2, -0.15) is 0 Å². The first-order chi connectivity index (χ1) is 10.3. The van der Waals surface area contributed by atoms with Gasteiger partial charge in [0.15, 0.2) is 0 Å². The van der Waals surface area contributed by atoms with Gasteiger partial charge in [0.05, 0.1) is 16.6 Å². The van der Waals surface area contributed by atoms with Crippen molar-refractivity contribution in [2.45, 2.75) is 0 Å². The summed E-state index contributed by atoms with van der Waals surface area (Å²) in [7, 11) is 2.07. The van der Waals surface area contributed by atoms with Gasteiger partial charge in [-0.1, -0.05) is 24.3 Å². The summed E-state index contributed by atoms with van der Waals surface area (Å²) in [5.74, 6) is 0. The lowest BCUT2D eigenvalue weighted by Crippen LogP contribution is -1.86. The maximum Gasteiger partial charge on any atom is 0.145 e. The molecule has 0 unspecified atom stereocenters. The minimum absolute atomic E-state index is 1.03. The average molecular weight is 271 g/mol. The van der Waals surface area contributed by atoms with Crippen LogP contribution in [0.2, 0.25) is 0 Å². The van der Waals surface area contributed by atoms with Crippen LogP contribution >= 0.6 is 0 Å². The molecule has 21 heavy (non-hydrogen) atoms. The summed E-state index contributed by atoms with van der Waals surface area (Å²) >= 11 is 0. The molecule has 0 atom stereocenters. The SMILES string of the molecule is Cn1ccc2cc3c(cc21)nc1c2ccccc2ccn31. The van der Waals surface area contributed by atoms with Crippen LogP contribution in [0.15, 0.2) is 60.9 Å². The van der Waals surface area contributed by atoms with Crippen molar-refractivity contribution in [3.05, 3.63) is 60.9 Å².